The number of esters is 1. The molecule has 0 aromatic heterocycles. The van der Waals surface area contributed by atoms with E-state index in [4.69, 9.17) is 14.6 Å². The molecular formula is C14H21NO6. The third-order valence-corrected chi connectivity index (χ3v) is 2.74. The SMILES string of the molecule is CC(C)(C)OC(=O)N1CCC(OC(=O)/C=C/C(=O)O)CC1. The number of rotatable bonds is 3. The summed E-state index contributed by atoms with van der Waals surface area (Å²) in [6.45, 7) is 6.28. The first-order valence-electron chi connectivity index (χ1n) is 6.77. The molecule has 1 aliphatic heterocycles. The molecule has 1 N–H and O–H groups in total. The number of carbonyl (C=O) groups is 3. The Hall–Kier alpha value is -2.05. The Morgan fingerprint density at radius 2 is 1.71 bits per heavy atom. The van der Waals surface area contributed by atoms with E-state index >= 15 is 0 Å². The summed E-state index contributed by atoms with van der Waals surface area (Å²) in [7, 11) is 0. The summed E-state index contributed by atoms with van der Waals surface area (Å²) in [5.41, 5.74) is -0.540. The standard InChI is InChI=1S/C14H21NO6/c1-14(2,3)21-13(19)15-8-6-10(7-9-15)20-12(18)5-4-11(16)17/h4-5,10H,6-9H2,1-3H3,(H,16,17)/b5-4+. The molecule has 118 valence electrons. The number of amides is 1. The average Bonchev–Trinajstić information content (AvgIpc) is 2.35. The molecule has 0 atom stereocenters. The molecule has 0 radical (unpaired) electrons. The number of ether oxygens (including phenoxy) is 2. The molecule has 7 heteroatoms. The number of nitrogens with zero attached hydrogens (tertiary/aromatic N) is 1. The molecule has 0 spiro atoms. The molecular weight excluding hydrogens is 278 g/mol. The number of piperidine rings is 1. The number of carboxylic acid groups (broad SMARTS) is 1. The molecule has 1 aliphatic rings. The normalized spacial score (nSPS) is 16.8. The fourth-order valence-corrected chi connectivity index (χ4v) is 1.83. The van der Waals surface area contributed by atoms with Crippen molar-refractivity contribution in [3.8, 4) is 0 Å². The van der Waals surface area contributed by atoms with Gasteiger partial charge in [-0.25, -0.2) is 14.4 Å². The maximum atomic E-state index is 11.8. The highest BCUT2D eigenvalue weighted by Crippen LogP contribution is 2.17. The highest BCUT2D eigenvalue weighted by Gasteiger charge is 2.28. The van der Waals surface area contributed by atoms with Gasteiger partial charge in [0.25, 0.3) is 0 Å². The molecule has 7 nitrogen and oxygen atoms in total. The molecule has 0 unspecified atom stereocenters. The van der Waals surface area contributed by atoms with Crippen LogP contribution in [0.25, 0.3) is 0 Å². The second-order valence-corrected chi connectivity index (χ2v) is 5.78. The molecule has 1 amide bonds. The second kappa shape index (κ2) is 7.10. The summed E-state index contributed by atoms with van der Waals surface area (Å²) in [5.74, 6) is -1.89. The zero-order valence-electron chi connectivity index (χ0n) is 12.5. The third-order valence-electron chi connectivity index (χ3n) is 2.74. The van der Waals surface area contributed by atoms with Gasteiger partial charge < -0.3 is 19.5 Å². The Morgan fingerprint density at radius 1 is 1.14 bits per heavy atom. The van der Waals surface area contributed by atoms with E-state index in [2.05, 4.69) is 0 Å². The Kier molecular flexibility index (Phi) is 5.75. The van der Waals surface area contributed by atoms with Gasteiger partial charge in [-0.2, -0.15) is 0 Å². The van der Waals surface area contributed by atoms with Gasteiger partial charge in [-0.05, 0) is 20.8 Å². The van der Waals surface area contributed by atoms with E-state index < -0.39 is 17.5 Å². The van der Waals surface area contributed by atoms with Gasteiger partial charge in [-0.3, -0.25) is 0 Å². The van der Waals surface area contributed by atoms with Gasteiger partial charge in [0.1, 0.15) is 11.7 Å². The van der Waals surface area contributed by atoms with Crippen molar-refractivity contribution in [3.05, 3.63) is 12.2 Å². The number of hydrogen-bond acceptors (Lipinski definition) is 5. The van der Waals surface area contributed by atoms with Crippen LogP contribution in [0.1, 0.15) is 33.6 Å². The summed E-state index contributed by atoms with van der Waals surface area (Å²) >= 11 is 0. The maximum absolute atomic E-state index is 11.8. The minimum Gasteiger partial charge on any atom is -0.478 e. The number of aliphatic carboxylic acids is 1. The first kappa shape index (κ1) is 17.0. The minimum atomic E-state index is -1.20. The van der Waals surface area contributed by atoms with Crippen molar-refractivity contribution in [2.45, 2.75) is 45.3 Å². The van der Waals surface area contributed by atoms with Crippen molar-refractivity contribution in [2.24, 2.45) is 0 Å². The lowest BCUT2D eigenvalue weighted by Crippen LogP contribution is -2.43. The quantitative estimate of drug-likeness (QED) is 0.628. The molecule has 0 saturated carbocycles. The van der Waals surface area contributed by atoms with E-state index in [1.54, 1.807) is 25.7 Å². The predicted octanol–water partition coefficient (Wildman–Crippen LogP) is 1.57. The van der Waals surface area contributed by atoms with Crippen LogP contribution < -0.4 is 0 Å². The first-order valence-corrected chi connectivity index (χ1v) is 6.77. The van der Waals surface area contributed by atoms with Crippen LogP contribution in [-0.4, -0.2) is 52.8 Å². The van der Waals surface area contributed by atoms with Gasteiger partial charge in [0.05, 0.1) is 0 Å². The zero-order chi connectivity index (χ0) is 16.0. The average molecular weight is 299 g/mol. The Morgan fingerprint density at radius 3 is 2.19 bits per heavy atom. The van der Waals surface area contributed by atoms with E-state index in [0.717, 1.165) is 12.2 Å². The zero-order valence-corrected chi connectivity index (χ0v) is 12.5. The number of hydrogen-bond donors (Lipinski definition) is 1. The summed E-state index contributed by atoms with van der Waals surface area (Å²) in [6.07, 6.45) is 1.94. The van der Waals surface area contributed by atoms with Crippen LogP contribution >= 0.6 is 0 Å². The van der Waals surface area contributed by atoms with Crippen molar-refractivity contribution >= 4 is 18.0 Å². The predicted molar refractivity (Wildman–Crippen MR) is 73.7 cm³/mol. The van der Waals surface area contributed by atoms with Crippen LogP contribution in [0.3, 0.4) is 0 Å². The lowest BCUT2D eigenvalue weighted by molar-refractivity contribution is -0.145. The van der Waals surface area contributed by atoms with Crippen molar-refractivity contribution in [2.75, 3.05) is 13.1 Å². The van der Waals surface area contributed by atoms with Gasteiger partial charge in [-0.1, -0.05) is 0 Å². The van der Waals surface area contributed by atoms with Gasteiger partial charge in [0.15, 0.2) is 0 Å². The van der Waals surface area contributed by atoms with Crippen molar-refractivity contribution in [1.29, 1.82) is 0 Å². The minimum absolute atomic E-state index is 0.311. The Balaban J connectivity index is 2.37. The summed E-state index contributed by atoms with van der Waals surface area (Å²) < 4.78 is 10.4. The van der Waals surface area contributed by atoms with E-state index in [-0.39, 0.29) is 12.2 Å². The molecule has 0 aromatic rings. The summed E-state index contributed by atoms with van der Waals surface area (Å²) in [4.78, 5) is 35.0. The van der Waals surface area contributed by atoms with Crippen LogP contribution in [0.4, 0.5) is 4.79 Å². The fourth-order valence-electron chi connectivity index (χ4n) is 1.83. The van der Waals surface area contributed by atoms with Crippen LogP contribution in [0.15, 0.2) is 12.2 Å². The van der Waals surface area contributed by atoms with Gasteiger partial charge in [0, 0.05) is 38.1 Å². The lowest BCUT2D eigenvalue weighted by atomic mass is 10.1. The summed E-state index contributed by atoms with van der Waals surface area (Å²) in [5, 5.41) is 8.40. The van der Waals surface area contributed by atoms with Crippen molar-refractivity contribution in [1.82, 2.24) is 4.90 Å². The molecule has 21 heavy (non-hydrogen) atoms. The molecule has 1 fully saturated rings. The first-order chi connectivity index (χ1) is 9.67. The van der Waals surface area contributed by atoms with Gasteiger partial charge >= 0.3 is 18.0 Å². The lowest BCUT2D eigenvalue weighted by Gasteiger charge is -2.33. The number of likely N-dealkylation sites (tertiary alicyclic amines) is 1. The molecule has 1 heterocycles. The number of carbonyl (C=O) groups excluding carboxylic acids is 2. The molecule has 1 saturated heterocycles. The van der Waals surface area contributed by atoms with Gasteiger partial charge in [0.2, 0.25) is 0 Å². The van der Waals surface area contributed by atoms with Crippen LogP contribution in [-0.2, 0) is 19.1 Å². The third kappa shape index (κ3) is 6.78. The van der Waals surface area contributed by atoms with Crippen LogP contribution in [0.5, 0.6) is 0 Å². The van der Waals surface area contributed by atoms with E-state index in [9.17, 15) is 14.4 Å². The topological polar surface area (TPSA) is 93.1 Å². The van der Waals surface area contributed by atoms with E-state index in [1.165, 1.54) is 0 Å². The van der Waals surface area contributed by atoms with Crippen LogP contribution in [0.2, 0.25) is 0 Å². The monoisotopic (exact) mass is 299 g/mol. The molecule has 1 rings (SSSR count). The fraction of sp³-hybridized carbons (Fsp3) is 0.643. The Bertz CT molecular complexity index is 429. The summed E-state index contributed by atoms with van der Waals surface area (Å²) in [6, 6.07) is 0. The molecule has 0 aromatic carbocycles. The maximum Gasteiger partial charge on any atom is 0.410 e. The van der Waals surface area contributed by atoms with E-state index in [0.29, 0.717) is 25.9 Å². The van der Waals surface area contributed by atoms with Crippen molar-refractivity contribution in [3.63, 3.8) is 0 Å². The highest BCUT2D eigenvalue weighted by atomic mass is 16.6. The van der Waals surface area contributed by atoms with Crippen molar-refractivity contribution < 1.29 is 29.0 Å². The Labute approximate surface area is 123 Å². The molecule has 0 aliphatic carbocycles. The van der Waals surface area contributed by atoms with Crippen LogP contribution in [0, 0.1) is 0 Å². The van der Waals surface area contributed by atoms with E-state index in [1.807, 2.05) is 0 Å². The smallest absolute Gasteiger partial charge is 0.410 e. The number of carboxylic acids is 1. The molecule has 0 bridgehead atoms. The largest absolute Gasteiger partial charge is 0.478 e. The highest BCUT2D eigenvalue weighted by molar-refractivity contribution is 5.90. The van der Waals surface area contributed by atoms with Gasteiger partial charge in [-0.15, -0.1) is 0 Å². The second-order valence-electron chi connectivity index (χ2n) is 5.78.